The van der Waals surface area contributed by atoms with E-state index in [-0.39, 0.29) is 36.6 Å². The van der Waals surface area contributed by atoms with E-state index in [0.29, 0.717) is 37.6 Å². The molecule has 3 heterocycles. The number of hydrogen-bond acceptors (Lipinski definition) is 7. The van der Waals surface area contributed by atoms with Crippen molar-refractivity contribution >= 4 is 40.8 Å². The first-order valence-electron chi connectivity index (χ1n) is 12.0. The van der Waals surface area contributed by atoms with Gasteiger partial charge in [-0.3, -0.25) is 24.1 Å². The summed E-state index contributed by atoms with van der Waals surface area (Å²) < 4.78 is 0. The number of rotatable bonds is 7. The summed E-state index contributed by atoms with van der Waals surface area (Å²) in [6.45, 7) is 5.29. The third-order valence-electron chi connectivity index (χ3n) is 6.22. The van der Waals surface area contributed by atoms with E-state index in [9.17, 15) is 19.2 Å². The quantitative estimate of drug-likeness (QED) is 0.513. The Kier molecular flexibility index (Phi) is 8.11. The number of piperazine rings is 2. The second-order valence-electron chi connectivity index (χ2n) is 8.86. The van der Waals surface area contributed by atoms with Gasteiger partial charge in [0.25, 0.3) is 0 Å². The Hall–Kier alpha value is -3.99. The average molecular weight is 494 g/mol. The van der Waals surface area contributed by atoms with Crippen molar-refractivity contribution < 1.29 is 19.2 Å². The SMILES string of the molecule is CC(=O)Nc1ccc(NC(=O)C[C@H]2C(=O)NCCN2C(=O)CN2CCN(c3ccccn3)CC2)cc1. The highest BCUT2D eigenvalue weighted by Gasteiger charge is 2.35. The van der Waals surface area contributed by atoms with Crippen molar-refractivity contribution in [1.82, 2.24) is 20.1 Å². The van der Waals surface area contributed by atoms with Gasteiger partial charge in [0, 0.05) is 63.8 Å². The zero-order chi connectivity index (χ0) is 25.5. The fourth-order valence-corrected chi connectivity index (χ4v) is 4.40. The standard InChI is InChI=1S/C25H31N7O4/c1-18(33)28-19-5-7-20(8-6-19)29-23(34)16-21-25(36)27-10-11-32(21)24(35)17-30-12-14-31(15-13-30)22-4-2-3-9-26-22/h2-9,21H,10-17H2,1H3,(H,27,36)(H,28,33)(H,29,34)/t21-/m0/s1. The molecule has 2 aliphatic rings. The second kappa shape index (κ2) is 11.6. The summed E-state index contributed by atoms with van der Waals surface area (Å²) in [5.74, 6) is -0.118. The number of carbonyl (C=O) groups is 4. The summed E-state index contributed by atoms with van der Waals surface area (Å²) in [5, 5.41) is 8.18. The van der Waals surface area contributed by atoms with E-state index in [1.165, 1.54) is 11.8 Å². The van der Waals surface area contributed by atoms with Gasteiger partial charge in [-0.25, -0.2) is 4.98 Å². The molecule has 4 rings (SSSR count). The molecule has 2 fully saturated rings. The van der Waals surface area contributed by atoms with Crippen LogP contribution in [0.1, 0.15) is 13.3 Å². The predicted molar refractivity (Wildman–Crippen MR) is 135 cm³/mol. The van der Waals surface area contributed by atoms with Gasteiger partial charge in [0.15, 0.2) is 0 Å². The molecule has 1 atom stereocenters. The molecular formula is C25H31N7O4. The zero-order valence-corrected chi connectivity index (χ0v) is 20.3. The number of nitrogens with one attached hydrogen (secondary N) is 3. The molecule has 0 spiro atoms. The van der Waals surface area contributed by atoms with Crippen molar-refractivity contribution in [2.75, 3.05) is 61.3 Å². The fourth-order valence-electron chi connectivity index (χ4n) is 4.40. The molecule has 1 aromatic heterocycles. The van der Waals surface area contributed by atoms with E-state index in [2.05, 4.69) is 30.7 Å². The smallest absolute Gasteiger partial charge is 0.243 e. The van der Waals surface area contributed by atoms with Gasteiger partial charge in [0.1, 0.15) is 11.9 Å². The van der Waals surface area contributed by atoms with Crippen LogP contribution in [-0.2, 0) is 19.2 Å². The summed E-state index contributed by atoms with van der Waals surface area (Å²) in [6, 6.07) is 11.6. The van der Waals surface area contributed by atoms with Crippen molar-refractivity contribution in [2.45, 2.75) is 19.4 Å². The molecular weight excluding hydrogens is 462 g/mol. The van der Waals surface area contributed by atoms with Crippen LogP contribution in [0.15, 0.2) is 48.7 Å². The van der Waals surface area contributed by atoms with Crippen molar-refractivity contribution in [3.63, 3.8) is 0 Å². The highest BCUT2D eigenvalue weighted by molar-refractivity contribution is 5.98. The lowest BCUT2D eigenvalue weighted by Gasteiger charge is -2.38. The van der Waals surface area contributed by atoms with Gasteiger partial charge >= 0.3 is 0 Å². The zero-order valence-electron chi connectivity index (χ0n) is 20.3. The Bertz CT molecular complexity index is 1090. The van der Waals surface area contributed by atoms with E-state index in [1.54, 1.807) is 30.5 Å². The minimum Gasteiger partial charge on any atom is -0.354 e. The van der Waals surface area contributed by atoms with Crippen LogP contribution in [0.4, 0.5) is 17.2 Å². The van der Waals surface area contributed by atoms with Crippen molar-refractivity contribution in [1.29, 1.82) is 0 Å². The molecule has 3 N–H and O–H groups in total. The molecule has 0 saturated carbocycles. The van der Waals surface area contributed by atoms with Crippen LogP contribution in [0.3, 0.4) is 0 Å². The van der Waals surface area contributed by atoms with Crippen LogP contribution in [0.5, 0.6) is 0 Å². The topological polar surface area (TPSA) is 127 Å². The van der Waals surface area contributed by atoms with Gasteiger partial charge in [0.05, 0.1) is 13.0 Å². The van der Waals surface area contributed by atoms with Crippen LogP contribution in [0, 0.1) is 0 Å². The first kappa shape index (κ1) is 25.1. The summed E-state index contributed by atoms with van der Waals surface area (Å²) >= 11 is 0. The maximum Gasteiger partial charge on any atom is 0.243 e. The summed E-state index contributed by atoms with van der Waals surface area (Å²) in [4.78, 5) is 59.7. The van der Waals surface area contributed by atoms with Gasteiger partial charge in [-0.05, 0) is 36.4 Å². The summed E-state index contributed by atoms with van der Waals surface area (Å²) in [6.07, 6.45) is 1.63. The second-order valence-corrected chi connectivity index (χ2v) is 8.86. The molecule has 11 heteroatoms. The maximum absolute atomic E-state index is 13.2. The van der Waals surface area contributed by atoms with E-state index < -0.39 is 6.04 Å². The fraction of sp³-hybridized carbons (Fsp3) is 0.400. The number of anilines is 3. The molecule has 0 radical (unpaired) electrons. The Morgan fingerprint density at radius 1 is 0.972 bits per heavy atom. The van der Waals surface area contributed by atoms with Crippen LogP contribution < -0.4 is 20.9 Å². The van der Waals surface area contributed by atoms with Crippen LogP contribution in [0.25, 0.3) is 0 Å². The maximum atomic E-state index is 13.2. The number of hydrogen-bond donors (Lipinski definition) is 3. The minimum absolute atomic E-state index is 0.140. The first-order valence-corrected chi connectivity index (χ1v) is 12.0. The number of aromatic nitrogens is 1. The lowest BCUT2D eigenvalue weighted by Crippen LogP contribution is -2.60. The Morgan fingerprint density at radius 2 is 1.67 bits per heavy atom. The number of amides is 4. The van der Waals surface area contributed by atoms with Gasteiger partial charge in [0.2, 0.25) is 23.6 Å². The normalized spacial score (nSPS) is 18.4. The van der Waals surface area contributed by atoms with E-state index >= 15 is 0 Å². The highest BCUT2D eigenvalue weighted by atomic mass is 16.2. The summed E-state index contributed by atoms with van der Waals surface area (Å²) in [7, 11) is 0. The Labute approximate surface area is 209 Å². The highest BCUT2D eigenvalue weighted by Crippen LogP contribution is 2.17. The number of benzene rings is 1. The van der Waals surface area contributed by atoms with Crippen molar-refractivity contribution in [2.24, 2.45) is 0 Å². The van der Waals surface area contributed by atoms with Crippen LogP contribution in [0.2, 0.25) is 0 Å². The molecule has 0 bridgehead atoms. The monoisotopic (exact) mass is 493 g/mol. The van der Waals surface area contributed by atoms with E-state index in [1.807, 2.05) is 18.2 Å². The summed E-state index contributed by atoms with van der Waals surface area (Å²) in [5.41, 5.74) is 1.15. The van der Waals surface area contributed by atoms with Crippen molar-refractivity contribution in [3.05, 3.63) is 48.7 Å². The molecule has 0 unspecified atom stereocenters. The van der Waals surface area contributed by atoms with Crippen LogP contribution in [-0.4, -0.2) is 90.3 Å². The number of carbonyl (C=O) groups excluding carboxylic acids is 4. The Morgan fingerprint density at radius 3 is 2.31 bits per heavy atom. The third-order valence-corrected chi connectivity index (χ3v) is 6.22. The molecule has 0 aliphatic carbocycles. The molecule has 11 nitrogen and oxygen atoms in total. The average Bonchev–Trinajstić information content (AvgIpc) is 2.87. The van der Waals surface area contributed by atoms with Crippen LogP contribution >= 0.6 is 0 Å². The third kappa shape index (κ3) is 6.57. The largest absolute Gasteiger partial charge is 0.354 e. The first-order chi connectivity index (χ1) is 17.4. The van der Waals surface area contributed by atoms with Gasteiger partial charge in [-0.2, -0.15) is 0 Å². The van der Waals surface area contributed by atoms with E-state index in [0.717, 1.165) is 18.9 Å². The van der Waals surface area contributed by atoms with Gasteiger partial charge < -0.3 is 25.8 Å². The lowest BCUT2D eigenvalue weighted by molar-refractivity contribution is -0.145. The number of pyridine rings is 1. The van der Waals surface area contributed by atoms with Crippen molar-refractivity contribution in [3.8, 4) is 0 Å². The minimum atomic E-state index is -0.861. The molecule has 190 valence electrons. The Balaban J connectivity index is 1.30. The molecule has 2 aromatic rings. The predicted octanol–water partition coefficient (Wildman–Crippen LogP) is 0.518. The molecule has 2 saturated heterocycles. The molecule has 2 aliphatic heterocycles. The van der Waals surface area contributed by atoms with Gasteiger partial charge in [-0.15, -0.1) is 0 Å². The molecule has 1 aromatic carbocycles. The molecule has 4 amide bonds. The lowest BCUT2D eigenvalue weighted by atomic mass is 10.1. The number of nitrogens with zero attached hydrogens (tertiary/aromatic N) is 4. The van der Waals surface area contributed by atoms with E-state index in [4.69, 9.17) is 0 Å². The molecule has 36 heavy (non-hydrogen) atoms. The van der Waals surface area contributed by atoms with Gasteiger partial charge in [-0.1, -0.05) is 6.07 Å².